The van der Waals surface area contributed by atoms with E-state index < -0.39 is 0 Å². The summed E-state index contributed by atoms with van der Waals surface area (Å²) in [6.07, 6.45) is 2.26. The zero-order valence-electron chi connectivity index (χ0n) is 25.7. The average Bonchev–Trinajstić information content (AvgIpc) is 3.40. The van der Waals surface area contributed by atoms with Crippen LogP contribution in [-0.2, 0) is 0 Å². The number of benzene rings is 3. The molecule has 7 nitrogen and oxygen atoms in total. The average molecular weight is 596 g/mol. The number of rotatable bonds is 9. The van der Waals surface area contributed by atoms with Gasteiger partial charge in [0.2, 0.25) is 0 Å². The predicted octanol–water partition coefficient (Wildman–Crippen LogP) is 6.87. The number of piperazine rings is 1. The molecule has 0 aliphatic carbocycles. The highest BCUT2D eigenvalue weighted by molar-refractivity contribution is 5.88. The summed E-state index contributed by atoms with van der Waals surface area (Å²) in [5.41, 5.74) is 7.97. The fourth-order valence-electron chi connectivity index (χ4n) is 6.00. The number of hydrogen-bond acceptors (Lipinski definition) is 6. The molecule has 0 radical (unpaired) electrons. The largest absolute Gasteiger partial charge is 0.369 e. The highest BCUT2D eigenvalue weighted by Crippen LogP contribution is 2.32. The molecular formula is C35H42ClN7. The van der Waals surface area contributed by atoms with Gasteiger partial charge >= 0.3 is 0 Å². The monoisotopic (exact) mass is 595 g/mol. The first kappa shape index (κ1) is 30.5. The zero-order valence-corrected chi connectivity index (χ0v) is 26.5. The van der Waals surface area contributed by atoms with Crippen molar-refractivity contribution in [2.45, 2.75) is 33.6 Å². The molecule has 0 amide bonds. The summed E-state index contributed by atoms with van der Waals surface area (Å²) in [6.45, 7) is 12.9. The van der Waals surface area contributed by atoms with E-state index in [1.165, 1.54) is 16.8 Å². The molecule has 6 rings (SSSR count). The summed E-state index contributed by atoms with van der Waals surface area (Å²) in [7, 11) is 2.13. The van der Waals surface area contributed by atoms with Gasteiger partial charge in [-0.3, -0.25) is 9.47 Å². The number of aromatic nitrogens is 4. The number of unbranched alkanes of at least 4 members (excludes halogenated alkanes) is 1. The molecule has 3 aromatic carbocycles. The van der Waals surface area contributed by atoms with Crippen LogP contribution in [0.4, 0.5) is 11.5 Å². The smallest absolute Gasteiger partial charge is 0.170 e. The second kappa shape index (κ2) is 13.6. The van der Waals surface area contributed by atoms with Crippen molar-refractivity contribution in [2.75, 3.05) is 56.1 Å². The summed E-state index contributed by atoms with van der Waals surface area (Å²) in [6, 6.07) is 27.4. The van der Waals surface area contributed by atoms with Gasteiger partial charge in [-0.1, -0.05) is 60.7 Å². The third-order valence-electron chi connectivity index (χ3n) is 8.52. The van der Waals surface area contributed by atoms with Crippen molar-refractivity contribution >= 4 is 35.1 Å². The van der Waals surface area contributed by atoms with Gasteiger partial charge in [0.25, 0.3) is 0 Å². The van der Waals surface area contributed by atoms with E-state index in [9.17, 15) is 0 Å². The van der Waals surface area contributed by atoms with Gasteiger partial charge < -0.3 is 9.80 Å². The minimum atomic E-state index is 0. The van der Waals surface area contributed by atoms with Crippen LogP contribution in [0.3, 0.4) is 0 Å². The van der Waals surface area contributed by atoms with E-state index in [1.54, 1.807) is 0 Å². The van der Waals surface area contributed by atoms with Gasteiger partial charge in [0.1, 0.15) is 11.6 Å². The van der Waals surface area contributed by atoms with Crippen LogP contribution >= 0.6 is 12.4 Å². The number of halogens is 1. The van der Waals surface area contributed by atoms with Crippen LogP contribution in [0.1, 0.15) is 29.8 Å². The Kier molecular flexibility index (Phi) is 9.63. The molecule has 43 heavy (non-hydrogen) atoms. The van der Waals surface area contributed by atoms with Crippen LogP contribution in [0.25, 0.3) is 28.2 Å². The number of fused-ring (bicyclic) bond motifs is 1. The van der Waals surface area contributed by atoms with Crippen LogP contribution in [0, 0.1) is 20.8 Å². The minimum Gasteiger partial charge on any atom is -0.369 e. The molecule has 8 heteroatoms. The van der Waals surface area contributed by atoms with Crippen molar-refractivity contribution in [1.82, 2.24) is 24.4 Å². The standard InChI is InChI=1S/C35H41N7.ClH/c1-26-14-13-19-31(27(26)2)41-24-22-40(23-25-41)21-12-11-20-39(4)34-32-35(37-28(3)36-34)42(30-17-9-6-10-18-30)33(38-32)29-15-7-5-8-16-29;/h5-10,13-19H,11-12,20-25H2,1-4H3;1H. The van der Waals surface area contributed by atoms with Crippen LogP contribution in [0.15, 0.2) is 78.9 Å². The van der Waals surface area contributed by atoms with Crippen molar-refractivity contribution in [1.29, 1.82) is 0 Å². The van der Waals surface area contributed by atoms with E-state index >= 15 is 0 Å². The molecule has 0 saturated carbocycles. The number of nitrogens with zero attached hydrogens (tertiary/aromatic N) is 7. The Morgan fingerprint density at radius 2 is 1.44 bits per heavy atom. The Balaban J connectivity index is 0.00000368. The van der Waals surface area contributed by atoms with Crippen molar-refractivity contribution in [3.8, 4) is 17.1 Å². The van der Waals surface area contributed by atoms with Gasteiger partial charge in [0.15, 0.2) is 17.0 Å². The topological polar surface area (TPSA) is 53.3 Å². The van der Waals surface area contributed by atoms with Crippen molar-refractivity contribution in [3.05, 3.63) is 95.8 Å². The molecule has 2 aromatic heterocycles. The van der Waals surface area contributed by atoms with Crippen molar-refractivity contribution in [2.24, 2.45) is 0 Å². The molecule has 1 aliphatic heterocycles. The third-order valence-corrected chi connectivity index (χ3v) is 8.52. The van der Waals surface area contributed by atoms with Gasteiger partial charge in [0, 0.05) is 56.7 Å². The Morgan fingerprint density at radius 1 is 0.744 bits per heavy atom. The summed E-state index contributed by atoms with van der Waals surface area (Å²) >= 11 is 0. The second-order valence-corrected chi connectivity index (χ2v) is 11.4. The van der Waals surface area contributed by atoms with E-state index in [1.807, 2.05) is 19.1 Å². The highest BCUT2D eigenvalue weighted by atomic mass is 35.5. The number of hydrogen-bond donors (Lipinski definition) is 0. The number of imidazole rings is 1. The maximum Gasteiger partial charge on any atom is 0.170 e. The van der Waals surface area contributed by atoms with E-state index in [2.05, 4.69) is 107 Å². The fraction of sp³-hybridized carbons (Fsp3) is 0.343. The maximum absolute atomic E-state index is 5.15. The summed E-state index contributed by atoms with van der Waals surface area (Å²) in [5.74, 6) is 2.53. The van der Waals surface area contributed by atoms with E-state index in [-0.39, 0.29) is 12.4 Å². The van der Waals surface area contributed by atoms with Crippen LogP contribution in [-0.4, -0.2) is 70.7 Å². The molecule has 1 aliphatic rings. The SMILES string of the molecule is Cc1nc(N(C)CCCCN2CCN(c3cccc(C)c3C)CC2)c2nc(-c3ccccc3)n(-c3ccccc3)c2n1.Cl. The zero-order chi connectivity index (χ0) is 29.1. The van der Waals surface area contributed by atoms with Crippen LogP contribution in [0.2, 0.25) is 0 Å². The third kappa shape index (κ3) is 6.53. The van der Waals surface area contributed by atoms with Crippen LogP contribution < -0.4 is 9.80 Å². The van der Waals surface area contributed by atoms with Crippen molar-refractivity contribution < 1.29 is 0 Å². The first-order chi connectivity index (χ1) is 20.5. The minimum absolute atomic E-state index is 0. The lowest BCUT2D eigenvalue weighted by molar-refractivity contribution is 0.253. The van der Waals surface area contributed by atoms with Gasteiger partial charge in [-0.15, -0.1) is 12.4 Å². The number of aryl methyl sites for hydroxylation is 2. The molecule has 1 fully saturated rings. The van der Waals surface area contributed by atoms with E-state index in [4.69, 9.17) is 15.0 Å². The van der Waals surface area contributed by atoms with Gasteiger partial charge in [-0.05, 0) is 69.5 Å². The number of para-hydroxylation sites is 1. The molecular weight excluding hydrogens is 554 g/mol. The predicted molar refractivity (Wildman–Crippen MR) is 181 cm³/mol. The Bertz CT molecular complexity index is 1640. The lowest BCUT2D eigenvalue weighted by Gasteiger charge is -2.37. The lowest BCUT2D eigenvalue weighted by Crippen LogP contribution is -2.47. The highest BCUT2D eigenvalue weighted by Gasteiger charge is 2.22. The molecule has 1 saturated heterocycles. The molecule has 3 heterocycles. The summed E-state index contributed by atoms with van der Waals surface area (Å²) in [5, 5.41) is 0. The Morgan fingerprint density at radius 3 is 2.16 bits per heavy atom. The Hall–Kier alpha value is -3.94. The molecule has 0 spiro atoms. The number of anilines is 2. The fourth-order valence-corrected chi connectivity index (χ4v) is 6.00. The van der Waals surface area contributed by atoms with Gasteiger partial charge in [-0.2, -0.15) is 0 Å². The van der Waals surface area contributed by atoms with Crippen LogP contribution in [0.5, 0.6) is 0 Å². The molecule has 0 N–H and O–H groups in total. The normalized spacial score (nSPS) is 13.7. The molecule has 5 aromatic rings. The Labute approximate surface area is 261 Å². The van der Waals surface area contributed by atoms with Gasteiger partial charge in [-0.25, -0.2) is 15.0 Å². The second-order valence-electron chi connectivity index (χ2n) is 11.4. The lowest BCUT2D eigenvalue weighted by atomic mass is 10.1. The first-order valence-corrected chi connectivity index (χ1v) is 15.1. The van der Waals surface area contributed by atoms with E-state index in [0.29, 0.717) is 0 Å². The van der Waals surface area contributed by atoms with Gasteiger partial charge in [0.05, 0.1) is 0 Å². The molecule has 224 valence electrons. The summed E-state index contributed by atoms with van der Waals surface area (Å²) in [4.78, 5) is 22.3. The summed E-state index contributed by atoms with van der Waals surface area (Å²) < 4.78 is 2.16. The first-order valence-electron chi connectivity index (χ1n) is 15.1. The quantitative estimate of drug-likeness (QED) is 0.173. The maximum atomic E-state index is 5.15. The van der Waals surface area contributed by atoms with Crippen molar-refractivity contribution in [3.63, 3.8) is 0 Å². The molecule has 0 atom stereocenters. The molecule has 0 unspecified atom stereocenters. The van der Waals surface area contributed by atoms with E-state index in [0.717, 1.165) is 92.0 Å². The molecule has 0 bridgehead atoms.